The molecule has 0 aliphatic carbocycles. The number of rotatable bonds is 4. The van der Waals surface area contributed by atoms with Crippen molar-refractivity contribution in [2.45, 2.75) is 18.4 Å². The second-order valence-corrected chi connectivity index (χ2v) is 8.18. The number of methoxy groups -OCH3 is 1. The van der Waals surface area contributed by atoms with Gasteiger partial charge in [-0.05, 0) is 47.9 Å². The summed E-state index contributed by atoms with van der Waals surface area (Å²) >= 11 is 0. The first-order valence-electron chi connectivity index (χ1n) is 10.5. The zero-order valence-corrected chi connectivity index (χ0v) is 17.5. The molecule has 156 valence electrons. The Labute approximate surface area is 181 Å². The largest absolute Gasteiger partial charge is 0.497 e. The van der Waals surface area contributed by atoms with Crippen molar-refractivity contribution in [1.82, 2.24) is 4.90 Å². The predicted molar refractivity (Wildman–Crippen MR) is 119 cm³/mol. The van der Waals surface area contributed by atoms with E-state index < -0.39 is 5.41 Å². The topological polar surface area (TPSA) is 49.9 Å². The summed E-state index contributed by atoms with van der Waals surface area (Å²) in [6, 6.07) is 25.2. The molecule has 5 nitrogen and oxygen atoms in total. The van der Waals surface area contributed by atoms with Gasteiger partial charge >= 0.3 is 0 Å². The number of hydrogen-bond donors (Lipinski definition) is 0. The van der Waals surface area contributed by atoms with Gasteiger partial charge in [0.2, 0.25) is 5.91 Å². The standard InChI is InChI=1S/C26H24N2O3/c1-31-21-13-11-20(12-14-21)24(29)27-16-15-26(18-27)22-9-5-6-10-23(22)28(25(26)30)17-19-7-3-2-4-8-19/h2-14H,15-18H2,1H3. The van der Waals surface area contributed by atoms with Crippen molar-refractivity contribution in [3.63, 3.8) is 0 Å². The van der Waals surface area contributed by atoms with Gasteiger partial charge in [0.1, 0.15) is 5.75 Å². The van der Waals surface area contributed by atoms with E-state index in [2.05, 4.69) is 0 Å². The minimum Gasteiger partial charge on any atom is -0.497 e. The Balaban J connectivity index is 1.44. The van der Waals surface area contributed by atoms with Gasteiger partial charge in [-0.25, -0.2) is 0 Å². The molecule has 1 fully saturated rings. The Morgan fingerprint density at radius 3 is 2.42 bits per heavy atom. The van der Waals surface area contributed by atoms with Gasteiger partial charge in [-0.3, -0.25) is 9.59 Å². The summed E-state index contributed by atoms with van der Waals surface area (Å²) in [5.41, 5.74) is 3.01. The maximum absolute atomic E-state index is 13.8. The van der Waals surface area contributed by atoms with Crippen LogP contribution in [0.4, 0.5) is 5.69 Å². The fraction of sp³-hybridized carbons (Fsp3) is 0.231. The van der Waals surface area contributed by atoms with E-state index in [1.165, 1.54) is 0 Å². The molecule has 2 heterocycles. The average molecular weight is 412 g/mol. The second kappa shape index (κ2) is 7.58. The van der Waals surface area contributed by atoms with E-state index in [-0.39, 0.29) is 11.8 Å². The van der Waals surface area contributed by atoms with Crippen molar-refractivity contribution in [2.24, 2.45) is 0 Å². The van der Waals surface area contributed by atoms with Crippen LogP contribution in [0, 0.1) is 0 Å². The molecule has 1 spiro atoms. The molecule has 3 aromatic carbocycles. The third kappa shape index (κ3) is 3.17. The lowest BCUT2D eigenvalue weighted by Crippen LogP contribution is -2.43. The van der Waals surface area contributed by atoms with Crippen molar-refractivity contribution in [3.05, 3.63) is 95.6 Å². The first-order valence-corrected chi connectivity index (χ1v) is 10.5. The van der Waals surface area contributed by atoms with Crippen LogP contribution in [0.5, 0.6) is 5.75 Å². The van der Waals surface area contributed by atoms with Gasteiger partial charge in [0.05, 0.1) is 19.1 Å². The summed E-state index contributed by atoms with van der Waals surface area (Å²) in [5.74, 6) is 0.750. The van der Waals surface area contributed by atoms with Crippen molar-refractivity contribution >= 4 is 17.5 Å². The number of nitrogens with zero attached hydrogens (tertiary/aromatic N) is 2. The molecule has 0 saturated carbocycles. The van der Waals surface area contributed by atoms with E-state index in [0.717, 1.165) is 16.8 Å². The number of amides is 2. The normalized spacial score (nSPS) is 19.7. The lowest BCUT2D eigenvalue weighted by molar-refractivity contribution is -0.122. The molecule has 1 saturated heterocycles. The van der Waals surface area contributed by atoms with Crippen LogP contribution in [-0.2, 0) is 16.8 Å². The van der Waals surface area contributed by atoms with Crippen molar-refractivity contribution in [2.75, 3.05) is 25.1 Å². The molecular formula is C26H24N2O3. The van der Waals surface area contributed by atoms with Crippen molar-refractivity contribution in [1.29, 1.82) is 0 Å². The van der Waals surface area contributed by atoms with Crippen LogP contribution < -0.4 is 9.64 Å². The van der Waals surface area contributed by atoms with Gasteiger partial charge in [-0.15, -0.1) is 0 Å². The number of ether oxygens (including phenoxy) is 1. The summed E-state index contributed by atoms with van der Waals surface area (Å²) in [7, 11) is 1.60. The van der Waals surface area contributed by atoms with Gasteiger partial charge in [0.25, 0.3) is 5.91 Å². The van der Waals surface area contributed by atoms with E-state index in [1.54, 1.807) is 31.4 Å². The monoisotopic (exact) mass is 412 g/mol. The first-order chi connectivity index (χ1) is 15.1. The highest BCUT2D eigenvalue weighted by Gasteiger charge is 2.55. The number of likely N-dealkylation sites (tertiary alicyclic amines) is 1. The fourth-order valence-electron chi connectivity index (χ4n) is 4.81. The third-order valence-corrected chi connectivity index (χ3v) is 6.44. The van der Waals surface area contributed by atoms with Crippen LogP contribution in [-0.4, -0.2) is 36.9 Å². The Bertz CT molecular complexity index is 1130. The Morgan fingerprint density at radius 2 is 1.68 bits per heavy atom. The summed E-state index contributed by atoms with van der Waals surface area (Å²) in [4.78, 5) is 30.6. The Morgan fingerprint density at radius 1 is 0.968 bits per heavy atom. The Kier molecular flexibility index (Phi) is 4.74. The van der Waals surface area contributed by atoms with E-state index in [9.17, 15) is 9.59 Å². The Hall–Kier alpha value is -3.60. The zero-order chi connectivity index (χ0) is 21.4. The van der Waals surface area contributed by atoms with Crippen LogP contribution in [0.2, 0.25) is 0 Å². The highest BCUT2D eigenvalue weighted by molar-refractivity contribution is 6.09. The molecule has 5 heteroatoms. The van der Waals surface area contributed by atoms with E-state index in [0.29, 0.717) is 37.4 Å². The molecule has 0 bridgehead atoms. The van der Waals surface area contributed by atoms with E-state index >= 15 is 0 Å². The maximum atomic E-state index is 13.8. The third-order valence-electron chi connectivity index (χ3n) is 6.44. The highest BCUT2D eigenvalue weighted by atomic mass is 16.5. The number of benzene rings is 3. The summed E-state index contributed by atoms with van der Waals surface area (Å²) in [6.45, 7) is 1.49. The molecule has 2 aliphatic heterocycles. The molecule has 2 aliphatic rings. The highest BCUT2D eigenvalue weighted by Crippen LogP contribution is 2.48. The molecule has 0 N–H and O–H groups in total. The molecule has 2 amide bonds. The minimum absolute atomic E-state index is 0.0497. The number of carbonyl (C=O) groups is 2. The minimum atomic E-state index is -0.673. The van der Waals surface area contributed by atoms with Gasteiger partial charge in [0, 0.05) is 24.3 Å². The van der Waals surface area contributed by atoms with Gasteiger partial charge < -0.3 is 14.5 Å². The quantitative estimate of drug-likeness (QED) is 0.650. The molecule has 1 atom stereocenters. The second-order valence-electron chi connectivity index (χ2n) is 8.18. The maximum Gasteiger partial charge on any atom is 0.253 e. The number of fused-ring (bicyclic) bond motifs is 2. The SMILES string of the molecule is COc1ccc(C(=O)N2CCC3(C2)C(=O)N(Cc2ccccc2)c2ccccc23)cc1. The summed E-state index contributed by atoms with van der Waals surface area (Å²) in [6.07, 6.45) is 0.635. The molecule has 0 radical (unpaired) electrons. The smallest absolute Gasteiger partial charge is 0.253 e. The van der Waals surface area contributed by atoms with Crippen LogP contribution in [0.3, 0.4) is 0 Å². The predicted octanol–water partition coefficient (Wildman–Crippen LogP) is 4.03. The molecule has 0 aromatic heterocycles. The zero-order valence-electron chi connectivity index (χ0n) is 17.5. The molecular weight excluding hydrogens is 388 g/mol. The number of carbonyl (C=O) groups excluding carboxylic acids is 2. The molecule has 3 aromatic rings. The number of anilines is 1. The fourth-order valence-corrected chi connectivity index (χ4v) is 4.81. The van der Waals surface area contributed by atoms with Gasteiger partial charge in [0.15, 0.2) is 0 Å². The number of para-hydroxylation sites is 1. The van der Waals surface area contributed by atoms with E-state index in [1.807, 2.05) is 64.4 Å². The van der Waals surface area contributed by atoms with Crippen LogP contribution in [0.25, 0.3) is 0 Å². The van der Waals surface area contributed by atoms with E-state index in [4.69, 9.17) is 4.74 Å². The van der Waals surface area contributed by atoms with Crippen molar-refractivity contribution < 1.29 is 14.3 Å². The van der Waals surface area contributed by atoms with Gasteiger partial charge in [-0.2, -0.15) is 0 Å². The van der Waals surface area contributed by atoms with Crippen LogP contribution in [0.1, 0.15) is 27.9 Å². The molecule has 1 unspecified atom stereocenters. The summed E-state index contributed by atoms with van der Waals surface area (Å²) in [5, 5.41) is 0. The van der Waals surface area contributed by atoms with Crippen LogP contribution in [0.15, 0.2) is 78.9 Å². The van der Waals surface area contributed by atoms with Crippen LogP contribution >= 0.6 is 0 Å². The lowest BCUT2D eigenvalue weighted by Gasteiger charge is -2.25. The molecule has 31 heavy (non-hydrogen) atoms. The van der Waals surface area contributed by atoms with Gasteiger partial charge in [-0.1, -0.05) is 48.5 Å². The first kappa shape index (κ1) is 19.4. The average Bonchev–Trinajstić information content (AvgIpc) is 3.37. The summed E-state index contributed by atoms with van der Waals surface area (Å²) < 4.78 is 5.19. The number of hydrogen-bond acceptors (Lipinski definition) is 3. The van der Waals surface area contributed by atoms with Crippen molar-refractivity contribution in [3.8, 4) is 5.75 Å². The lowest BCUT2D eigenvalue weighted by atomic mass is 9.81. The molecule has 5 rings (SSSR count).